The number of amides is 9. The molecular weight excluding hydrogens is 1430 g/mol. The van der Waals surface area contributed by atoms with Crippen LogP contribution in [0.1, 0.15) is 140 Å². The molecule has 5 heterocycles. The van der Waals surface area contributed by atoms with Gasteiger partial charge in [0.25, 0.3) is 23.5 Å². The number of anilines is 4. The van der Waals surface area contributed by atoms with Gasteiger partial charge in [-0.3, -0.25) is 48.6 Å². The van der Waals surface area contributed by atoms with Crippen LogP contribution in [0.5, 0.6) is 17.2 Å². The molecule has 111 heavy (non-hydrogen) atoms. The fraction of sp³-hybridized carbons (Fsp3) is 0.444. The lowest BCUT2D eigenvalue weighted by atomic mass is 9.78. The number of fused-ring (bicyclic) bond motifs is 2. The molecule has 0 radical (unpaired) electrons. The first-order chi connectivity index (χ1) is 52.8. The lowest BCUT2D eigenvalue weighted by Gasteiger charge is -2.36. The molecule has 4 bridgehead atoms. The minimum absolute atomic E-state index is 0.00217. The predicted octanol–water partition coefficient (Wildman–Crippen LogP) is 8.71. The van der Waals surface area contributed by atoms with Gasteiger partial charge >= 0.3 is 17.9 Å². The van der Waals surface area contributed by atoms with E-state index in [1.54, 1.807) is 96.2 Å². The number of Topliss-reactive ketones (excluding diaryl/α,β-unsaturated/α-hetero) is 1. The molecule has 4 aromatic carbocycles. The number of phenols is 2. The summed E-state index contributed by atoms with van der Waals surface area (Å²) in [6.45, 7) is 15.8. The third kappa shape index (κ3) is 18.8. The van der Waals surface area contributed by atoms with Crippen molar-refractivity contribution < 1.29 is 92.0 Å². The van der Waals surface area contributed by atoms with Crippen LogP contribution >= 0.6 is 0 Å². The number of ketones is 1. The van der Waals surface area contributed by atoms with Gasteiger partial charge in [-0.05, 0) is 106 Å². The Hall–Kier alpha value is -11.2. The van der Waals surface area contributed by atoms with Gasteiger partial charge in [0.2, 0.25) is 23.2 Å². The molecule has 0 spiro atoms. The minimum Gasteiger partial charge on any atom is -0.507 e. The standard InChI is InChI=1S/C81H98N10O20/c1-41(2)64(87-58(93)19-12-11-13-34-91-59(94)28-29-60(91)95)78(104)86-54(18-15-33-83-79(82)105)77(103)84-51-24-20-48(21-25-51)40-108-80(106)85-52-26-22-49(23-27-52)50-30-35-90(36-31-50)53-38-55(92)65-57(39-53)110-74-66(88-65)61-62-71(99)47(8)73-63(61)75(101)81(9,111-73)109-37-32-56(107-10)44(5)69(97)46(7)70(98)45(6)68(96)42(3)16-14-17-43(4)76(102)89-67(74)72(62)100/h14,16-17,20-29,32,37-39,41-42,44-46,50,54,56,64,68-70,92,96-99H,11-13,15,18-19,30-31,33-36,40H2,1-10H3,(H,84,103)(H,85,106)(H,86,104)(H,87,93)(H,89,102)(H3,82,83,105)/b16-14+,37-32+,43-17-/t42-,44+,45+,46-,54-,56-,64-,68-,69+,70+,81-/m0/s1. The summed E-state index contributed by atoms with van der Waals surface area (Å²) < 4.78 is 30.2. The number of aliphatic hydroxyl groups excluding tert-OH is 3. The van der Waals surface area contributed by atoms with Crippen LogP contribution in [-0.4, -0.2) is 164 Å². The Balaban J connectivity index is 0.789. The number of imide groups is 1. The second-order valence-corrected chi connectivity index (χ2v) is 29.5. The van der Waals surface area contributed by atoms with Crippen molar-refractivity contribution in [3.63, 3.8) is 0 Å². The quantitative estimate of drug-likeness (QED) is 0.0131. The van der Waals surface area contributed by atoms with Crippen LogP contribution in [0.4, 0.5) is 32.3 Å². The highest BCUT2D eigenvalue weighted by atomic mass is 16.7. The fourth-order valence-corrected chi connectivity index (χ4v) is 14.4. The molecule has 4 aromatic rings. The van der Waals surface area contributed by atoms with Gasteiger partial charge in [0.1, 0.15) is 52.8 Å². The van der Waals surface area contributed by atoms with Crippen LogP contribution in [0.3, 0.4) is 0 Å². The number of urea groups is 1. The largest absolute Gasteiger partial charge is 0.507 e. The average Bonchev–Trinajstić information content (AvgIpc) is 1.62. The lowest BCUT2D eigenvalue weighted by Crippen LogP contribution is -2.54. The van der Waals surface area contributed by atoms with E-state index >= 15 is 4.79 Å². The Morgan fingerprint density at radius 1 is 0.793 bits per heavy atom. The molecule has 30 nitrogen and oxygen atoms in total. The van der Waals surface area contributed by atoms with Gasteiger partial charge in [0, 0.05) is 128 Å². The van der Waals surface area contributed by atoms with Crippen molar-refractivity contribution in [2.24, 2.45) is 35.3 Å². The fourth-order valence-electron chi connectivity index (χ4n) is 14.4. The Morgan fingerprint density at radius 3 is 2.12 bits per heavy atom. The number of allylic oxidation sites excluding steroid dienone is 2. The van der Waals surface area contributed by atoms with Gasteiger partial charge in [-0.15, -0.1) is 0 Å². The second-order valence-electron chi connectivity index (χ2n) is 29.5. The molecule has 0 aromatic heterocycles. The molecule has 0 unspecified atom stereocenters. The number of nitrogens with one attached hydrogen (secondary N) is 6. The van der Waals surface area contributed by atoms with Crippen molar-refractivity contribution in [2.75, 3.05) is 54.1 Å². The van der Waals surface area contributed by atoms with Crippen molar-refractivity contribution in [1.29, 1.82) is 0 Å². The number of benzene rings is 5. The maximum Gasteiger partial charge on any atom is 0.411 e. The highest BCUT2D eigenvalue weighted by Gasteiger charge is 2.50. The van der Waals surface area contributed by atoms with Crippen molar-refractivity contribution >= 4 is 98.0 Å². The van der Waals surface area contributed by atoms with E-state index in [0.717, 1.165) is 10.5 Å². The first-order valence-electron chi connectivity index (χ1n) is 37.3. The molecule has 10 rings (SSSR count). The summed E-state index contributed by atoms with van der Waals surface area (Å²) in [5.74, 6) is -10.3. The number of phenolic OH excluding ortho intramolecular Hbond substituents is 2. The molecule has 592 valence electrons. The molecule has 5 aliphatic heterocycles. The summed E-state index contributed by atoms with van der Waals surface area (Å²) in [6, 6.07) is 14.2. The molecule has 1 fully saturated rings. The number of carbonyl (C=O) groups excluding carboxylic acids is 9. The number of ether oxygens (including phenoxy) is 4. The molecule has 9 amide bonds. The van der Waals surface area contributed by atoms with Crippen LogP contribution < -0.4 is 52.7 Å². The molecule has 1 aliphatic carbocycles. The topological polar surface area (TPSA) is 439 Å². The Morgan fingerprint density at radius 2 is 1.45 bits per heavy atom. The van der Waals surface area contributed by atoms with E-state index in [2.05, 4.69) is 31.9 Å². The molecular formula is C81H98N10O20. The minimum atomic E-state index is -2.13. The molecule has 1 saturated heterocycles. The number of aromatic nitrogens is 1. The van der Waals surface area contributed by atoms with Gasteiger partial charge in [0.05, 0.1) is 41.6 Å². The van der Waals surface area contributed by atoms with Crippen LogP contribution in [-0.2, 0) is 49.6 Å². The zero-order valence-corrected chi connectivity index (χ0v) is 63.7. The SMILES string of the molecule is CO[C@H]1/C=C/O[C@@]2(C)Oc3c(C)c(O)c4c(=O)c(c5oc6cc(N7CCC(c8ccc(NC(=O)OCc9ccc(NC(=O)[C@H](CCCNC(N)=O)NC(=O)[C@@H](NC(=O)CCCCCN%10C(=O)C=CC%10=O)C(C)C)cc9)cc8)CC7)cc(O)c6nc-5c4c3C2=O)NC(=O)/C(C)=C\C=C\[C@H](C)[C@H](O)[C@@H](C)[C@@H](O)[C@@H](C)[C@H](O)[C@@H]1C. The monoisotopic (exact) mass is 1530 g/mol. The third-order valence-electron chi connectivity index (χ3n) is 21.3. The predicted molar refractivity (Wildman–Crippen MR) is 412 cm³/mol. The number of methoxy groups -OCH3 is 1. The smallest absolute Gasteiger partial charge is 0.411 e. The van der Waals surface area contributed by atoms with Gasteiger partial charge in [0.15, 0.2) is 11.3 Å². The first kappa shape index (κ1) is 82.3. The molecule has 13 N–H and O–H groups in total. The van der Waals surface area contributed by atoms with Crippen molar-refractivity contribution in [3.8, 4) is 28.7 Å². The summed E-state index contributed by atoms with van der Waals surface area (Å²) in [4.78, 5) is 141. The van der Waals surface area contributed by atoms with E-state index in [4.69, 9.17) is 34.1 Å². The number of primary amides is 1. The Kier molecular flexibility index (Phi) is 26.4. The summed E-state index contributed by atoms with van der Waals surface area (Å²) in [6.07, 6.45) is 8.05. The third-order valence-corrected chi connectivity index (χ3v) is 21.3. The summed E-state index contributed by atoms with van der Waals surface area (Å²) in [5.41, 5.74) is 6.45. The van der Waals surface area contributed by atoms with E-state index in [-0.39, 0.29) is 125 Å². The van der Waals surface area contributed by atoms with Crippen molar-refractivity contribution in [2.45, 2.75) is 168 Å². The van der Waals surface area contributed by atoms with Gasteiger partial charge in [-0.2, -0.15) is 0 Å². The molecule has 11 atom stereocenters. The number of unbranched alkanes of at least 4 members (excludes halogenated alkanes) is 2. The van der Waals surface area contributed by atoms with E-state index in [0.29, 0.717) is 67.8 Å². The summed E-state index contributed by atoms with van der Waals surface area (Å²) >= 11 is 0. The van der Waals surface area contributed by atoms with Crippen LogP contribution in [0, 0.1) is 36.5 Å². The number of aromatic hydroxyl groups is 2. The number of nitrogens with two attached hydrogens (primary N) is 1. The number of nitrogens with zero attached hydrogens (tertiary/aromatic N) is 3. The van der Waals surface area contributed by atoms with Crippen LogP contribution in [0.2, 0.25) is 0 Å². The van der Waals surface area contributed by atoms with Crippen molar-refractivity contribution in [1.82, 2.24) is 25.8 Å². The van der Waals surface area contributed by atoms with E-state index in [1.165, 1.54) is 64.5 Å². The normalized spacial score (nSPS) is 23.5. The van der Waals surface area contributed by atoms with E-state index in [9.17, 15) is 68.7 Å². The number of aliphatic hydroxyl groups is 3. The highest BCUT2D eigenvalue weighted by molar-refractivity contribution is 6.22. The Bertz CT molecular complexity index is 4660. The maximum atomic E-state index is 15.1. The first-order valence-corrected chi connectivity index (χ1v) is 37.3. The maximum absolute atomic E-state index is 15.1. The number of hydrogen-bond donors (Lipinski definition) is 12. The van der Waals surface area contributed by atoms with Crippen molar-refractivity contribution in [3.05, 3.63) is 141 Å². The van der Waals surface area contributed by atoms with Gasteiger partial charge < -0.3 is 86.1 Å². The van der Waals surface area contributed by atoms with Crippen LogP contribution in [0.25, 0.3) is 33.3 Å². The molecule has 30 heteroatoms. The zero-order valence-electron chi connectivity index (χ0n) is 63.7. The summed E-state index contributed by atoms with van der Waals surface area (Å²) in [7, 11) is 1.42. The van der Waals surface area contributed by atoms with Crippen LogP contribution in [0.15, 0.2) is 118 Å². The lowest BCUT2D eigenvalue weighted by molar-refractivity contribution is -0.137. The Labute approximate surface area is 641 Å². The average molecular weight is 1530 g/mol. The van der Waals surface area contributed by atoms with Gasteiger partial charge in [-0.25, -0.2) is 14.6 Å². The number of rotatable bonds is 22. The number of piperidine rings is 1. The van der Waals surface area contributed by atoms with E-state index in [1.807, 2.05) is 17.0 Å². The molecule has 6 aliphatic rings. The highest BCUT2D eigenvalue weighted by Crippen LogP contribution is 2.51. The second kappa shape index (κ2) is 35.6. The zero-order chi connectivity index (χ0) is 80.4. The summed E-state index contributed by atoms with van der Waals surface area (Å²) in [5, 5.41) is 74.0. The van der Waals surface area contributed by atoms with E-state index < -0.39 is 124 Å². The number of carbonyl (C=O) groups is 9. The van der Waals surface area contributed by atoms with Gasteiger partial charge in [-0.1, -0.05) is 90.5 Å². The molecule has 0 saturated carbocycles. The number of hydrogen-bond acceptors (Lipinski definition) is 22.